The predicted octanol–water partition coefficient (Wildman–Crippen LogP) is -2.18. The van der Waals surface area contributed by atoms with Gasteiger partial charge in [0.2, 0.25) is 0 Å². The summed E-state index contributed by atoms with van der Waals surface area (Å²) in [5.74, 6) is 0. The van der Waals surface area contributed by atoms with Crippen molar-refractivity contribution in [3.63, 3.8) is 0 Å². The van der Waals surface area contributed by atoms with Crippen molar-refractivity contribution in [1.82, 2.24) is 0 Å². The summed E-state index contributed by atoms with van der Waals surface area (Å²) in [6, 6.07) is 0. The van der Waals surface area contributed by atoms with E-state index in [4.69, 9.17) is 0 Å². The van der Waals surface area contributed by atoms with Crippen molar-refractivity contribution in [3.05, 3.63) is 0 Å². The maximum atomic E-state index is 10.2. The molecule has 0 rings (SSSR count). The second-order valence-electron chi connectivity index (χ2n) is 0.350. The molecule has 0 N–H and O–H groups in total. The Hall–Kier alpha value is 0.815. The van der Waals surface area contributed by atoms with E-state index in [2.05, 4.69) is 0 Å². The minimum absolute atomic E-state index is 0. The van der Waals surface area contributed by atoms with Gasteiger partial charge in [-0.1, -0.05) is 4.53 Å². The second kappa shape index (κ2) is 5.81. The summed E-state index contributed by atoms with van der Waals surface area (Å²) in [7, 11) is -3.28. The molecule has 6 heteroatoms. The first-order chi connectivity index (χ1) is 2.27. The number of halogens is 3. The summed E-state index contributed by atoms with van der Waals surface area (Å²) in [5.41, 5.74) is 0. The van der Waals surface area contributed by atoms with Crippen LogP contribution in [0.15, 0.2) is 0 Å². The van der Waals surface area contributed by atoms with Crippen molar-refractivity contribution >= 4 is 7.47 Å². The molecule has 0 aromatic carbocycles. The van der Waals surface area contributed by atoms with Gasteiger partial charge in [-0.2, -0.15) is 0 Å². The molecular weight excluding hydrogens is 107 g/mol. The maximum Gasteiger partial charge on any atom is 1.00 e. The van der Waals surface area contributed by atoms with Crippen LogP contribution in [0.2, 0.25) is 0 Å². The third-order valence-corrected chi connectivity index (χ3v) is 0.0673. The van der Waals surface area contributed by atoms with Crippen LogP contribution in [-0.2, 0) is 4.86 Å². The molecular formula is BF3NaO. The van der Waals surface area contributed by atoms with E-state index >= 15 is 0 Å². The molecule has 0 atom stereocenters. The smallest absolute Gasteiger partial charge is 0.473 e. The fraction of sp³-hybridized carbons (Fsp3) is 0. The Balaban J connectivity index is 0. The zero-order chi connectivity index (χ0) is 4.28. The zero-order valence-electron chi connectivity index (χ0n) is 3.12. The van der Waals surface area contributed by atoms with Crippen molar-refractivity contribution in [2.45, 2.75) is 0 Å². The molecule has 0 aromatic heterocycles. The molecule has 1 nitrogen and oxygen atoms in total. The van der Waals surface area contributed by atoms with E-state index in [1.807, 2.05) is 4.86 Å². The molecule has 0 saturated heterocycles. The van der Waals surface area contributed by atoms with Gasteiger partial charge in [-0.05, 0) is 0 Å². The molecule has 0 heterocycles. The van der Waals surface area contributed by atoms with Crippen LogP contribution in [-0.4, -0.2) is 7.47 Å². The SMILES string of the molecule is FO[B-](F)F.[Na+]. The second-order valence-corrected chi connectivity index (χ2v) is 0.350. The maximum absolute atomic E-state index is 10.2. The normalized spacial score (nSPS) is 8.00. The molecule has 1 radical (unpaired) electrons. The molecule has 0 aromatic rings. The molecule has 0 aliphatic heterocycles. The van der Waals surface area contributed by atoms with Crippen LogP contribution in [0, 0.1) is 0 Å². The van der Waals surface area contributed by atoms with Crippen LogP contribution in [0.3, 0.4) is 0 Å². The molecule has 0 amide bonds. The van der Waals surface area contributed by atoms with Gasteiger partial charge in [-0.15, -0.1) is 0 Å². The zero-order valence-corrected chi connectivity index (χ0v) is 5.12. The molecule has 0 aliphatic rings. The van der Waals surface area contributed by atoms with Crippen LogP contribution >= 0.6 is 0 Å². The molecule has 0 fully saturated rings. The van der Waals surface area contributed by atoms with Crippen LogP contribution in [0.1, 0.15) is 0 Å². The van der Waals surface area contributed by atoms with Gasteiger partial charge in [0.15, 0.2) is 0 Å². The quantitative estimate of drug-likeness (QED) is 0.346. The minimum atomic E-state index is -3.28. The third kappa shape index (κ3) is 8.84. The summed E-state index contributed by atoms with van der Waals surface area (Å²) in [6.45, 7) is 0. The first kappa shape index (κ1) is 9.94. The van der Waals surface area contributed by atoms with E-state index in [1.54, 1.807) is 0 Å². The average Bonchev–Trinajstić information content (AvgIpc) is 1.38. The van der Waals surface area contributed by atoms with Gasteiger partial charge >= 0.3 is 37.0 Å². The van der Waals surface area contributed by atoms with E-state index in [0.29, 0.717) is 0 Å². The standard InChI is InChI=1S/BF3O.Na/c2-1(3)5-4;/q-1;+1. The minimum Gasteiger partial charge on any atom is -0.473 e. The van der Waals surface area contributed by atoms with Gasteiger partial charge in [0, 0.05) is 0 Å². The van der Waals surface area contributed by atoms with E-state index in [9.17, 15) is 13.2 Å². The molecule has 31 valence electrons. The molecule has 0 saturated carbocycles. The number of hydrogen-bond donors (Lipinski definition) is 0. The first-order valence-electron chi connectivity index (χ1n) is 0.826. The van der Waals surface area contributed by atoms with Gasteiger partial charge in [0.25, 0.3) is 0 Å². The Labute approximate surface area is 55.3 Å². The third-order valence-electron chi connectivity index (χ3n) is 0.0673. The molecule has 6 heavy (non-hydrogen) atoms. The van der Waals surface area contributed by atoms with Crippen LogP contribution in [0.5, 0.6) is 0 Å². The summed E-state index contributed by atoms with van der Waals surface area (Å²) in [6.07, 6.45) is 0. The van der Waals surface area contributed by atoms with E-state index in [1.165, 1.54) is 0 Å². The summed E-state index contributed by atoms with van der Waals surface area (Å²) >= 11 is 0. The molecule has 0 aliphatic carbocycles. The molecule has 0 spiro atoms. The fourth-order valence-corrected chi connectivity index (χ4v) is 0. The van der Waals surface area contributed by atoms with Crippen LogP contribution in [0.25, 0.3) is 0 Å². The van der Waals surface area contributed by atoms with Gasteiger partial charge < -0.3 is 13.5 Å². The predicted molar refractivity (Wildman–Crippen MR) is 10.2 cm³/mol. The van der Waals surface area contributed by atoms with Crippen molar-refractivity contribution in [2.75, 3.05) is 0 Å². The van der Waals surface area contributed by atoms with E-state index < -0.39 is 7.47 Å². The van der Waals surface area contributed by atoms with Gasteiger partial charge in [0.05, 0.1) is 0 Å². The molecule has 0 bridgehead atoms. The van der Waals surface area contributed by atoms with Crippen LogP contribution in [0.4, 0.5) is 13.2 Å². The monoisotopic (exact) mass is 107 g/mol. The van der Waals surface area contributed by atoms with Crippen molar-refractivity contribution in [3.8, 4) is 0 Å². The topological polar surface area (TPSA) is 9.23 Å². The Bertz CT molecular complexity index is 24.8. The van der Waals surface area contributed by atoms with Crippen molar-refractivity contribution in [1.29, 1.82) is 0 Å². The van der Waals surface area contributed by atoms with Crippen molar-refractivity contribution < 1.29 is 47.6 Å². The summed E-state index contributed by atoms with van der Waals surface area (Å²) < 4.78 is 30.2. The Morgan fingerprint density at radius 3 is 1.50 bits per heavy atom. The van der Waals surface area contributed by atoms with E-state index in [-0.39, 0.29) is 29.6 Å². The average molecular weight is 107 g/mol. The van der Waals surface area contributed by atoms with Gasteiger partial charge in [-0.3, -0.25) is 0 Å². The molecule has 0 unspecified atom stereocenters. The van der Waals surface area contributed by atoms with Crippen LogP contribution < -0.4 is 29.6 Å². The van der Waals surface area contributed by atoms with Gasteiger partial charge in [-0.25, -0.2) is 0 Å². The summed E-state index contributed by atoms with van der Waals surface area (Å²) in [4.78, 5) is 1.92. The Kier molecular flexibility index (Phi) is 9.63. The Morgan fingerprint density at radius 1 is 1.33 bits per heavy atom. The van der Waals surface area contributed by atoms with Gasteiger partial charge in [0.1, 0.15) is 0 Å². The Morgan fingerprint density at radius 2 is 1.50 bits per heavy atom. The largest absolute Gasteiger partial charge is 1.00 e. The fourth-order valence-electron chi connectivity index (χ4n) is 0. The van der Waals surface area contributed by atoms with Crippen molar-refractivity contribution in [2.24, 2.45) is 0 Å². The number of hydrogen-bond acceptors (Lipinski definition) is 1. The first-order valence-corrected chi connectivity index (χ1v) is 0.826. The van der Waals surface area contributed by atoms with E-state index in [0.717, 1.165) is 0 Å². The number of rotatable bonds is 1. The summed E-state index contributed by atoms with van der Waals surface area (Å²) in [5, 5.41) is 0.